The Balaban J connectivity index is 0.000000185. The Labute approximate surface area is 344 Å². The van der Waals surface area contributed by atoms with Gasteiger partial charge in [-0.15, -0.1) is 0 Å². The van der Waals surface area contributed by atoms with Crippen LogP contribution in [0.2, 0.25) is 0 Å². The number of amides is 1. The molecule has 0 bridgehead atoms. The van der Waals surface area contributed by atoms with Gasteiger partial charge in [-0.3, -0.25) is 14.2 Å². The Morgan fingerprint density at radius 3 is 1.48 bits per heavy atom. The number of halogens is 6. The first-order valence-corrected chi connectivity index (χ1v) is 18.7. The number of carbonyl (C=O) groups is 2. The van der Waals surface area contributed by atoms with Gasteiger partial charge >= 0.3 is 18.3 Å². The third-order valence-electron chi connectivity index (χ3n) is 9.62. The molecule has 1 amide bonds. The number of carboxylic acids is 1. The summed E-state index contributed by atoms with van der Waals surface area (Å²) in [5.41, 5.74) is 4.63. The molecule has 9 nitrogen and oxygen atoms in total. The van der Waals surface area contributed by atoms with Crippen LogP contribution < -0.4 is 5.32 Å². The summed E-state index contributed by atoms with van der Waals surface area (Å²) in [7, 11) is 0. The van der Waals surface area contributed by atoms with Crippen LogP contribution in [0.25, 0.3) is 44.1 Å². The fourth-order valence-electron chi connectivity index (χ4n) is 6.80. The van der Waals surface area contributed by atoms with E-state index in [-0.39, 0.29) is 37.7 Å². The van der Waals surface area contributed by atoms with E-state index in [1.807, 2.05) is 42.5 Å². The molecule has 3 N–H and O–H groups in total. The normalized spacial score (nSPS) is 11.7. The molecule has 0 aliphatic carbocycles. The van der Waals surface area contributed by atoms with Crippen LogP contribution in [0, 0.1) is 0 Å². The summed E-state index contributed by atoms with van der Waals surface area (Å²) in [5, 5.41) is 31.5. The van der Waals surface area contributed by atoms with Crippen LogP contribution in [0.15, 0.2) is 146 Å². The van der Waals surface area contributed by atoms with E-state index in [4.69, 9.17) is 5.11 Å². The van der Waals surface area contributed by atoms with Crippen molar-refractivity contribution in [2.45, 2.75) is 25.4 Å². The van der Waals surface area contributed by atoms with Gasteiger partial charge in [-0.25, -0.2) is 4.79 Å². The molecule has 0 atom stereocenters. The van der Waals surface area contributed by atoms with Crippen molar-refractivity contribution in [2.24, 2.45) is 0 Å². The number of fused-ring (bicyclic) bond motifs is 2. The van der Waals surface area contributed by atoms with Gasteiger partial charge in [0.25, 0.3) is 5.91 Å². The number of benzene rings is 6. The van der Waals surface area contributed by atoms with E-state index in [0.717, 1.165) is 51.7 Å². The minimum atomic E-state index is -4.40. The summed E-state index contributed by atoms with van der Waals surface area (Å²) in [6, 6.07) is 35.1. The summed E-state index contributed by atoms with van der Waals surface area (Å²) >= 11 is 0. The maximum atomic E-state index is 13.0. The minimum absolute atomic E-state index is 0.145. The van der Waals surface area contributed by atoms with Crippen molar-refractivity contribution in [2.75, 3.05) is 13.2 Å². The van der Waals surface area contributed by atoms with Crippen LogP contribution >= 0.6 is 0 Å². The van der Waals surface area contributed by atoms with Gasteiger partial charge < -0.3 is 15.5 Å². The zero-order valence-corrected chi connectivity index (χ0v) is 32.0. The second-order valence-corrected chi connectivity index (χ2v) is 14.0. The van der Waals surface area contributed by atoms with E-state index >= 15 is 0 Å². The van der Waals surface area contributed by atoms with Gasteiger partial charge in [0.1, 0.15) is 11.0 Å². The lowest BCUT2D eigenvalue weighted by Crippen LogP contribution is -2.26. The molecule has 0 radical (unpaired) electrons. The van der Waals surface area contributed by atoms with Gasteiger partial charge in [-0.1, -0.05) is 84.9 Å². The van der Waals surface area contributed by atoms with E-state index in [0.29, 0.717) is 33.3 Å². The number of nitrogens with zero attached hydrogens (tertiary/aromatic N) is 4. The van der Waals surface area contributed by atoms with E-state index in [2.05, 4.69) is 15.5 Å². The highest BCUT2D eigenvalue weighted by Gasteiger charge is 2.31. The topological polar surface area (TPSA) is 122 Å². The molecule has 0 spiro atoms. The number of aliphatic hydroxyl groups is 1. The standard InChI is InChI=1S/C24H20F3N3O2.C22H15F3N2O2/c25-24(26,27)20-8-1-4-16(12-20)14-30-15-19-7-3-9-21(22(19)29-30)17-5-2-6-18(13-17)23(32)28-10-11-31;23-22(24,25)18-8-1-4-14(10-18)12-27-13-17-7-3-9-19(20(17)26-27)15-5-2-6-16(11-15)21(28)29/h1-9,12-13,15,31H,10-11,14H2,(H,28,32);1-11,13H,12H2,(H,28,29). The van der Waals surface area contributed by atoms with E-state index in [9.17, 15) is 41.0 Å². The first-order chi connectivity index (χ1) is 29.2. The maximum absolute atomic E-state index is 13.0. The first-order valence-electron chi connectivity index (χ1n) is 18.7. The third kappa shape index (κ3) is 9.96. The second-order valence-electron chi connectivity index (χ2n) is 14.0. The Morgan fingerprint density at radius 2 is 1.02 bits per heavy atom. The van der Waals surface area contributed by atoms with Crippen LogP contribution in [-0.4, -0.2) is 54.8 Å². The second kappa shape index (κ2) is 17.5. The number of aromatic nitrogens is 4. The van der Waals surface area contributed by atoms with E-state index in [1.165, 1.54) is 18.2 Å². The molecule has 61 heavy (non-hydrogen) atoms. The number of hydrogen-bond acceptors (Lipinski definition) is 5. The number of aromatic carboxylic acids is 1. The van der Waals surface area contributed by atoms with Gasteiger partial charge in [0.15, 0.2) is 0 Å². The predicted molar refractivity (Wildman–Crippen MR) is 218 cm³/mol. The molecule has 0 unspecified atom stereocenters. The van der Waals surface area contributed by atoms with Crippen LogP contribution in [0.3, 0.4) is 0 Å². The number of nitrogens with one attached hydrogen (secondary N) is 1. The number of hydrogen-bond donors (Lipinski definition) is 3. The molecule has 0 saturated carbocycles. The van der Waals surface area contributed by atoms with Gasteiger partial charge in [0, 0.05) is 46.4 Å². The third-order valence-corrected chi connectivity index (χ3v) is 9.62. The van der Waals surface area contributed by atoms with Crippen molar-refractivity contribution >= 4 is 33.7 Å². The molecular weight excluding hydrogens is 801 g/mol. The predicted octanol–water partition coefficient (Wildman–Crippen LogP) is 9.96. The Bertz CT molecular complexity index is 2860. The van der Waals surface area contributed by atoms with Crippen molar-refractivity contribution in [3.63, 3.8) is 0 Å². The minimum Gasteiger partial charge on any atom is -0.478 e. The lowest BCUT2D eigenvalue weighted by molar-refractivity contribution is -0.138. The molecule has 0 aliphatic heterocycles. The van der Waals surface area contributed by atoms with Gasteiger partial charge in [0.2, 0.25) is 0 Å². The quantitative estimate of drug-likeness (QED) is 0.118. The van der Waals surface area contributed by atoms with Gasteiger partial charge in [-0.05, 0) is 70.8 Å². The molecule has 15 heteroatoms. The monoisotopic (exact) mass is 835 g/mol. The highest BCUT2D eigenvalue weighted by atomic mass is 19.4. The molecule has 8 aromatic rings. The molecule has 2 aromatic heterocycles. The summed E-state index contributed by atoms with van der Waals surface area (Å²) < 4.78 is 81.0. The van der Waals surface area contributed by atoms with Crippen molar-refractivity contribution < 1.29 is 46.1 Å². The van der Waals surface area contributed by atoms with E-state index < -0.39 is 29.4 Å². The lowest BCUT2D eigenvalue weighted by Gasteiger charge is -2.09. The summed E-state index contributed by atoms with van der Waals surface area (Å²) in [6.45, 7) is 0.404. The largest absolute Gasteiger partial charge is 0.478 e. The number of carbonyl (C=O) groups excluding carboxylic acids is 1. The average Bonchev–Trinajstić information content (AvgIpc) is 3.86. The van der Waals surface area contributed by atoms with E-state index in [1.54, 1.807) is 70.3 Å². The molecule has 0 aliphatic rings. The highest BCUT2D eigenvalue weighted by molar-refractivity contribution is 5.98. The highest BCUT2D eigenvalue weighted by Crippen LogP contribution is 2.33. The molecular formula is C46H35F6N5O4. The molecule has 8 rings (SSSR count). The van der Waals surface area contributed by atoms with Crippen molar-refractivity contribution in [1.82, 2.24) is 24.9 Å². The summed E-state index contributed by atoms with van der Waals surface area (Å²) in [4.78, 5) is 23.5. The Morgan fingerprint density at radius 1 is 0.574 bits per heavy atom. The average molecular weight is 836 g/mol. The molecule has 6 aromatic carbocycles. The maximum Gasteiger partial charge on any atom is 0.416 e. The Hall–Kier alpha value is -7.26. The number of rotatable bonds is 10. The molecule has 310 valence electrons. The van der Waals surface area contributed by atoms with Crippen molar-refractivity contribution in [3.05, 3.63) is 179 Å². The molecule has 0 fully saturated rings. The number of alkyl halides is 6. The summed E-state index contributed by atoms with van der Waals surface area (Å²) in [6.07, 6.45) is -5.24. The van der Waals surface area contributed by atoms with Crippen molar-refractivity contribution in [3.8, 4) is 22.3 Å². The Kier molecular flexibility index (Phi) is 12.0. The summed E-state index contributed by atoms with van der Waals surface area (Å²) in [5.74, 6) is -1.31. The molecule has 0 saturated heterocycles. The van der Waals surface area contributed by atoms with Crippen LogP contribution in [-0.2, 0) is 25.4 Å². The smallest absolute Gasteiger partial charge is 0.416 e. The van der Waals surface area contributed by atoms with Crippen LogP contribution in [0.5, 0.6) is 0 Å². The van der Waals surface area contributed by atoms with Gasteiger partial charge in [0.05, 0.1) is 36.4 Å². The van der Waals surface area contributed by atoms with Crippen molar-refractivity contribution in [1.29, 1.82) is 0 Å². The fraction of sp³-hybridized carbons (Fsp3) is 0.130. The first kappa shape index (κ1) is 41.9. The van der Waals surface area contributed by atoms with Crippen LogP contribution in [0.1, 0.15) is 43.0 Å². The zero-order valence-electron chi connectivity index (χ0n) is 32.0. The molecule has 2 heterocycles. The van der Waals surface area contributed by atoms with Crippen LogP contribution in [0.4, 0.5) is 26.3 Å². The fourth-order valence-corrected chi connectivity index (χ4v) is 6.80. The SMILES string of the molecule is O=C(NCCO)c1cccc(-c2cccc3cn(Cc4cccc(C(F)(F)F)c4)nc23)c1.O=C(O)c1cccc(-c2cccc3cn(Cc4cccc(C(F)(F)F)c4)nc23)c1. The number of aliphatic hydroxyl groups excluding tert-OH is 1. The lowest BCUT2D eigenvalue weighted by atomic mass is 10.0. The number of carboxylic acid groups (broad SMARTS) is 1. The van der Waals surface area contributed by atoms with Gasteiger partial charge in [-0.2, -0.15) is 36.5 Å². The zero-order chi connectivity index (χ0) is 43.3.